The van der Waals surface area contributed by atoms with Crippen molar-refractivity contribution < 1.29 is 18.3 Å². The monoisotopic (exact) mass is 346 g/mol. The zero-order chi connectivity index (χ0) is 16.5. The van der Waals surface area contributed by atoms with E-state index in [-0.39, 0.29) is 23.1 Å². The number of sulfonamides is 1. The first kappa shape index (κ1) is 17.1. The molecule has 0 bridgehead atoms. The van der Waals surface area contributed by atoms with Crippen LogP contribution in [0.2, 0.25) is 5.02 Å². The van der Waals surface area contributed by atoms with E-state index in [0.29, 0.717) is 18.0 Å². The number of amides is 1. The van der Waals surface area contributed by atoms with Gasteiger partial charge < -0.3 is 10.4 Å². The summed E-state index contributed by atoms with van der Waals surface area (Å²) in [6.45, 7) is 3.91. The third-order valence-corrected chi connectivity index (χ3v) is 5.73. The molecule has 6 nitrogen and oxygen atoms in total. The Morgan fingerprint density at radius 1 is 1.41 bits per heavy atom. The number of aromatic hydroxyl groups is 1. The normalized spacial score (nSPS) is 19.3. The van der Waals surface area contributed by atoms with E-state index in [1.165, 1.54) is 22.5 Å². The number of carbonyl (C=O) groups is 1. The number of phenolic OH excluding ortho intramolecular Hbond substituents is 1. The number of halogens is 1. The largest absolute Gasteiger partial charge is 0.506 e. The summed E-state index contributed by atoms with van der Waals surface area (Å²) in [6.07, 6.45) is 0.515. The first-order valence-electron chi connectivity index (χ1n) is 7.01. The average Bonchev–Trinajstić information content (AvgIpc) is 2.74. The lowest BCUT2D eigenvalue weighted by Gasteiger charge is -2.28. The Bertz CT molecular complexity index is 675. The van der Waals surface area contributed by atoms with E-state index in [0.717, 1.165) is 0 Å². The van der Waals surface area contributed by atoms with Gasteiger partial charge in [-0.1, -0.05) is 25.4 Å². The second kappa shape index (κ2) is 6.44. The van der Waals surface area contributed by atoms with Crippen LogP contribution in [0, 0.1) is 5.92 Å². The van der Waals surface area contributed by atoms with Crippen LogP contribution in [0.15, 0.2) is 18.2 Å². The van der Waals surface area contributed by atoms with Gasteiger partial charge >= 0.3 is 0 Å². The van der Waals surface area contributed by atoms with E-state index in [9.17, 15) is 18.3 Å². The Balaban J connectivity index is 2.26. The molecule has 0 aliphatic carbocycles. The predicted molar refractivity (Wildman–Crippen MR) is 85.5 cm³/mol. The molecule has 1 amide bonds. The molecular formula is C14H19ClN2O4S. The highest BCUT2D eigenvalue weighted by molar-refractivity contribution is 7.89. The molecule has 8 heteroatoms. The first-order valence-corrected chi connectivity index (χ1v) is 9.00. The SMILES string of the molecule is CC(C)[C@H](C(=O)Nc1cc(Cl)ccc1O)N1CCCS1(=O)=O. The van der Waals surface area contributed by atoms with Crippen LogP contribution < -0.4 is 5.32 Å². The van der Waals surface area contributed by atoms with Gasteiger partial charge in [0, 0.05) is 11.6 Å². The summed E-state index contributed by atoms with van der Waals surface area (Å²) in [5.41, 5.74) is 0.166. The van der Waals surface area contributed by atoms with Crippen molar-refractivity contribution in [1.82, 2.24) is 4.31 Å². The summed E-state index contributed by atoms with van der Waals surface area (Å²) in [5, 5.41) is 12.7. The van der Waals surface area contributed by atoms with E-state index in [2.05, 4.69) is 5.32 Å². The molecule has 0 unspecified atom stereocenters. The van der Waals surface area contributed by atoms with Crippen molar-refractivity contribution in [3.05, 3.63) is 23.2 Å². The van der Waals surface area contributed by atoms with Gasteiger partial charge in [0.05, 0.1) is 11.4 Å². The lowest BCUT2D eigenvalue weighted by atomic mass is 10.0. The molecule has 1 aromatic carbocycles. The van der Waals surface area contributed by atoms with Crippen LogP contribution >= 0.6 is 11.6 Å². The summed E-state index contributed by atoms with van der Waals surface area (Å²) in [4.78, 5) is 12.5. The lowest BCUT2D eigenvalue weighted by Crippen LogP contribution is -2.48. The standard InChI is InChI=1S/C14H19ClN2O4S/c1-9(2)13(17-6-3-7-22(17,20)21)14(19)16-11-8-10(15)4-5-12(11)18/h4-5,8-9,13,18H,3,6-7H2,1-2H3,(H,16,19)/t13-/m1/s1. The van der Waals surface area contributed by atoms with E-state index >= 15 is 0 Å². The van der Waals surface area contributed by atoms with Crippen molar-refractivity contribution in [1.29, 1.82) is 0 Å². The molecule has 1 atom stereocenters. The molecule has 1 heterocycles. The number of phenols is 1. The number of nitrogens with zero attached hydrogens (tertiary/aromatic N) is 1. The zero-order valence-corrected chi connectivity index (χ0v) is 14.0. The Labute approximate surface area is 135 Å². The maximum absolute atomic E-state index is 12.5. The molecule has 0 aromatic heterocycles. The molecule has 1 aliphatic rings. The molecule has 122 valence electrons. The maximum atomic E-state index is 12.5. The maximum Gasteiger partial charge on any atom is 0.243 e. The minimum atomic E-state index is -3.40. The van der Waals surface area contributed by atoms with Crippen molar-refractivity contribution in [3.63, 3.8) is 0 Å². The van der Waals surface area contributed by atoms with Crippen molar-refractivity contribution in [2.75, 3.05) is 17.6 Å². The highest BCUT2D eigenvalue weighted by Gasteiger charge is 2.40. The fourth-order valence-electron chi connectivity index (χ4n) is 2.55. The van der Waals surface area contributed by atoms with E-state index in [4.69, 9.17) is 11.6 Å². The van der Waals surface area contributed by atoms with Crippen LogP contribution in [-0.2, 0) is 14.8 Å². The van der Waals surface area contributed by atoms with Gasteiger partial charge in [0.25, 0.3) is 0 Å². The molecule has 0 spiro atoms. The van der Waals surface area contributed by atoms with E-state index in [1.807, 2.05) is 0 Å². The molecule has 1 aliphatic heterocycles. The quantitative estimate of drug-likeness (QED) is 0.817. The summed E-state index contributed by atoms with van der Waals surface area (Å²) in [7, 11) is -3.40. The number of carbonyl (C=O) groups excluding carboxylic acids is 1. The van der Waals surface area contributed by atoms with Crippen LogP contribution in [0.5, 0.6) is 5.75 Å². The van der Waals surface area contributed by atoms with E-state index < -0.39 is 22.0 Å². The predicted octanol–water partition coefficient (Wildman–Crippen LogP) is 2.04. The Morgan fingerprint density at radius 3 is 2.64 bits per heavy atom. The van der Waals surface area contributed by atoms with E-state index in [1.54, 1.807) is 13.8 Å². The van der Waals surface area contributed by atoms with Crippen molar-refractivity contribution in [2.24, 2.45) is 5.92 Å². The van der Waals surface area contributed by atoms with Gasteiger partial charge in [-0.05, 0) is 30.5 Å². The second-order valence-corrected chi connectivity index (χ2v) is 8.10. The summed E-state index contributed by atoms with van der Waals surface area (Å²) in [6, 6.07) is 3.47. The van der Waals surface area contributed by atoms with Crippen LogP contribution in [0.1, 0.15) is 20.3 Å². The van der Waals surface area contributed by atoms with Gasteiger partial charge in [-0.2, -0.15) is 4.31 Å². The molecule has 22 heavy (non-hydrogen) atoms. The number of hydrogen-bond acceptors (Lipinski definition) is 4. The number of anilines is 1. The van der Waals surface area contributed by atoms with Gasteiger partial charge in [-0.25, -0.2) is 8.42 Å². The van der Waals surface area contributed by atoms with Crippen molar-refractivity contribution in [2.45, 2.75) is 26.3 Å². The third kappa shape index (κ3) is 3.53. The Hall–Kier alpha value is -1.31. The van der Waals surface area contributed by atoms with Gasteiger partial charge in [0.2, 0.25) is 15.9 Å². The van der Waals surface area contributed by atoms with Gasteiger partial charge in [0.1, 0.15) is 11.8 Å². The number of benzene rings is 1. The number of hydrogen-bond donors (Lipinski definition) is 2. The van der Waals surface area contributed by atoms with Crippen LogP contribution in [-0.4, -0.2) is 42.1 Å². The average molecular weight is 347 g/mol. The van der Waals surface area contributed by atoms with Gasteiger partial charge in [-0.3, -0.25) is 4.79 Å². The molecule has 1 fully saturated rings. The Kier molecular flexibility index (Phi) is 4.99. The minimum Gasteiger partial charge on any atom is -0.506 e. The second-order valence-electron chi connectivity index (χ2n) is 5.62. The zero-order valence-electron chi connectivity index (χ0n) is 12.4. The minimum absolute atomic E-state index is 0.0614. The molecule has 2 rings (SSSR count). The summed E-state index contributed by atoms with van der Waals surface area (Å²) in [5.74, 6) is -0.733. The third-order valence-electron chi connectivity index (χ3n) is 3.56. The molecular weight excluding hydrogens is 328 g/mol. The lowest BCUT2D eigenvalue weighted by molar-refractivity contribution is -0.120. The number of nitrogens with one attached hydrogen (secondary N) is 1. The Morgan fingerprint density at radius 2 is 2.09 bits per heavy atom. The van der Waals surface area contributed by atoms with Crippen molar-refractivity contribution >= 4 is 33.2 Å². The molecule has 0 radical (unpaired) electrons. The van der Waals surface area contributed by atoms with Crippen LogP contribution in [0.25, 0.3) is 0 Å². The van der Waals surface area contributed by atoms with Gasteiger partial charge in [0.15, 0.2) is 0 Å². The fraction of sp³-hybridized carbons (Fsp3) is 0.500. The smallest absolute Gasteiger partial charge is 0.243 e. The molecule has 2 N–H and O–H groups in total. The molecule has 1 aromatic rings. The summed E-state index contributed by atoms with van der Waals surface area (Å²) >= 11 is 5.85. The van der Waals surface area contributed by atoms with Gasteiger partial charge in [-0.15, -0.1) is 0 Å². The molecule has 0 saturated carbocycles. The highest BCUT2D eigenvalue weighted by atomic mass is 35.5. The summed E-state index contributed by atoms with van der Waals surface area (Å²) < 4.78 is 25.4. The fourth-order valence-corrected chi connectivity index (χ4v) is 4.55. The molecule has 1 saturated heterocycles. The van der Waals surface area contributed by atoms with Crippen LogP contribution in [0.3, 0.4) is 0 Å². The first-order chi connectivity index (χ1) is 10.2. The van der Waals surface area contributed by atoms with Crippen LogP contribution in [0.4, 0.5) is 5.69 Å². The highest BCUT2D eigenvalue weighted by Crippen LogP contribution is 2.28. The number of rotatable bonds is 4. The topological polar surface area (TPSA) is 86.7 Å². The van der Waals surface area contributed by atoms with Crippen molar-refractivity contribution in [3.8, 4) is 5.75 Å².